The van der Waals surface area contributed by atoms with Crippen LogP contribution in [0.15, 0.2) is 91.3 Å². The molecule has 40 heavy (non-hydrogen) atoms. The van der Waals surface area contributed by atoms with Gasteiger partial charge >= 0.3 is 6.18 Å². The number of benzene rings is 3. The number of imidazole rings is 1. The lowest BCUT2D eigenvalue weighted by molar-refractivity contribution is -0.137. The number of alkyl halides is 3. The average Bonchev–Trinajstić information content (AvgIpc) is 3.39. The molecule has 0 unspecified atom stereocenters. The number of hydrogen-bond acceptors (Lipinski definition) is 6. The summed E-state index contributed by atoms with van der Waals surface area (Å²) in [5.41, 5.74) is 3.17. The highest BCUT2D eigenvalue weighted by Crippen LogP contribution is 2.31. The van der Waals surface area contributed by atoms with E-state index in [1.807, 2.05) is 41.0 Å². The van der Waals surface area contributed by atoms with Gasteiger partial charge in [0.25, 0.3) is 0 Å². The van der Waals surface area contributed by atoms with E-state index in [4.69, 9.17) is 9.97 Å². The van der Waals surface area contributed by atoms with E-state index >= 15 is 0 Å². The minimum absolute atomic E-state index is 0.200. The number of fused-ring (bicyclic) bond motifs is 1. The lowest BCUT2D eigenvalue weighted by Crippen LogP contribution is -2.38. The molecule has 0 bridgehead atoms. The van der Waals surface area contributed by atoms with Crippen molar-refractivity contribution in [3.05, 3.63) is 102 Å². The Balaban J connectivity index is 1.25. The summed E-state index contributed by atoms with van der Waals surface area (Å²) in [5, 5.41) is 6.66. The maximum Gasteiger partial charge on any atom is 0.416 e. The van der Waals surface area contributed by atoms with Crippen molar-refractivity contribution in [2.24, 2.45) is 0 Å². The van der Waals surface area contributed by atoms with E-state index in [1.54, 1.807) is 6.33 Å². The van der Waals surface area contributed by atoms with Gasteiger partial charge in [-0.2, -0.15) is 23.1 Å². The van der Waals surface area contributed by atoms with E-state index < -0.39 is 11.7 Å². The summed E-state index contributed by atoms with van der Waals surface area (Å²) in [6.45, 7) is 2.83. The van der Waals surface area contributed by atoms with Crippen LogP contribution in [0.3, 0.4) is 0 Å². The Labute approximate surface area is 229 Å². The second-order valence-electron chi connectivity index (χ2n) is 9.90. The largest absolute Gasteiger partial charge is 0.416 e. The third-order valence-corrected chi connectivity index (χ3v) is 7.08. The van der Waals surface area contributed by atoms with Gasteiger partial charge in [0.1, 0.15) is 6.33 Å². The maximum absolute atomic E-state index is 13.0. The van der Waals surface area contributed by atoms with E-state index in [-0.39, 0.29) is 12.0 Å². The Hall–Kier alpha value is -4.44. The van der Waals surface area contributed by atoms with Crippen molar-refractivity contribution in [2.45, 2.75) is 31.6 Å². The van der Waals surface area contributed by atoms with E-state index in [2.05, 4.69) is 44.8 Å². The van der Waals surface area contributed by atoms with E-state index in [1.165, 1.54) is 17.7 Å². The molecule has 0 aliphatic carbocycles. The van der Waals surface area contributed by atoms with Crippen LogP contribution < -0.4 is 10.6 Å². The number of nitrogens with zero attached hydrogens (tertiary/aromatic N) is 5. The first-order valence-electron chi connectivity index (χ1n) is 13.2. The van der Waals surface area contributed by atoms with Crippen LogP contribution in [0.4, 0.5) is 30.6 Å². The Morgan fingerprint density at radius 1 is 0.825 bits per heavy atom. The highest BCUT2D eigenvalue weighted by molar-refractivity contribution is 5.86. The minimum Gasteiger partial charge on any atom is -0.365 e. The molecule has 1 aliphatic rings. The lowest BCUT2D eigenvalue weighted by Gasteiger charge is -2.32. The number of anilines is 3. The number of piperidine rings is 1. The topological polar surface area (TPSA) is 70.9 Å². The first-order valence-corrected chi connectivity index (χ1v) is 13.2. The zero-order valence-corrected chi connectivity index (χ0v) is 21.6. The lowest BCUT2D eigenvalue weighted by atomic mass is 10.0. The zero-order chi connectivity index (χ0) is 27.5. The SMILES string of the molecule is FC(F)(F)c1ccc(Nc2nc(NC3CCN(Cc4ccccc4)CC3)c3ncn(-c4ccccc4)c3n2)cc1. The first-order chi connectivity index (χ1) is 19.4. The van der Waals surface area contributed by atoms with Gasteiger partial charge in [0.2, 0.25) is 5.95 Å². The van der Waals surface area contributed by atoms with Gasteiger partial charge in [0.05, 0.1) is 5.56 Å². The van der Waals surface area contributed by atoms with Gasteiger partial charge in [0, 0.05) is 37.1 Å². The fourth-order valence-corrected chi connectivity index (χ4v) is 4.98. The average molecular weight is 544 g/mol. The van der Waals surface area contributed by atoms with Crippen LogP contribution >= 0.6 is 0 Å². The van der Waals surface area contributed by atoms with E-state index in [0.29, 0.717) is 22.7 Å². The fourth-order valence-electron chi connectivity index (χ4n) is 4.98. The highest BCUT2D eigenvalue weighted by atomic mass is 19.4. The van der Waals surface area contributed by atoms with Gasteiger partial charge in [0.15, 0.2) is 17.0 Å². The Bertz CT molecular complexity index is 1560. The Morgan fingerprint density at radius 3 is 2.17 bits per heavy atom. The smallest absolute Gasteiger partial charge is 0.365 e. The number of halogens is 3. The second-order valence-corrected chi connectivity index (χ2v) is 9.90. The van der Waals surface area contributed by atoms with E-state index in [0.717, 1.165) is 50.3 Å². The zero-order valence-electron chi connectivity index (χ0n) is 21.6. The molecular weight excluding hydrogens is 515 g/mol. The third-order valence-electron chi connectivity index (χ3n) is 7.08. The van der Waals surface area contributed by atoms with Crippen LogP contribution in [0.25, 0.3) is 16.9 Å². The van der Waals surface area contributed by atoms with Crippen molar-refractivity contribution >= 4 is 28.6 Å². The van der Waals surface area contributed by atoms with Crippen LogP contribution in [0.5, 0.6) is 0 Å². The molecule has 0 radical (unpaired) electrons. The van der Waals surface area contributed by atoms with Crippen LogP contribution in [-0.2, 0) is 12.7 Å². The molecule has 0 amide bonds. The monoisotopic (exact) mass is 543 g/mol. The maximum atomic E-state index is 13.0. The quantitative estimate of drug-likeness (QED) is 0.239. The molecule has 0 saturated carbocycles. The van der Waals surface area contributed by atoms with Gasteiger partial charge in [-0.05, 0) is 54.8 Å². The molecule has 10 heteroatoms. The van der Waals surface area contributed by atoms with Crippen LogP contribution in [-0.4, -0.2) is 43.6 Å². The summed E-state index contributed by atoms with van der Waals surface area (Å²) in [6, 6.07) is 25.2. The van der Waals surface area contributed by atoms with Gasteiger partial charge in [-0.25, -0.2) is 4.98 Å². The minimum atomic E-state index is -4.40. The second kappa shape index (κ2) is 11.0. The molecular formula is C30H28F3N7. The molecule has 2 N–H and O–H groups in total. The highest BCUT2D eigenvalue weighted by Gasteiger charge is 2.30. The van der Waals surface area contributed by atoms with Gasteiger partial charge in [-0.15, -0.1) is 0 Å². The van der Waals surface area contributed by atoms with E-state index in [9.17, 15) is 13.2 Å². The molecule has 204 valence electrons. The molecule has 5 aromatic rings. The van der Waals surface area contributed by atoms with Crippen LogP contribution in [0.1, 0.15) is 24.0 Å². The first kappa shape index (κ1) is 25.8. The molecule has 0 spiro atoms. The summed E-state index contributed by atoms with van der Waals surface area (Å²) >= 11 is 0. The van der Waals surface area contributed by atoms with Crippen molar-refractivity contribution in [3.8, 4) is 5.69 Å². The molecule has 0 atom stereocenters. The molecule has 3 aromatic carbocycles. The summed E-state index contributed by atoms with van der Waals surface area (Å²) in [5.74, 6) is 0.865. The number of aromatic nitrogens is 4. The fraction of sp³-hybridized carbons (Fsp3) is 0.233. The summed E-state index contributed by atoms with van der Waals surface area (Å²) < 4.78 is 41.0. The molecule has 1 aliphatic heterocycles. The molecule has 3 heterocycles. The normalized spacial score (nSPS) is 14.9. The van der Waals surface area contributed by atoms with Crippen LogP contribution in [0, 0.1) is 0 Å². The standard InChI is InChI=1S/C30H28F3N7/c31-30(32,33)22-11-13-23(14-12-22)36-29-37-27(26-28(38-29)40(20-34-26)25-9-5-2-6-10-25)35-24-15-17-39(18-16-24)19-21-7-3-1-4-8-21/h1-14,20,24H,15-19H2,(H2,35,36,37,38). The van der Waals surface area contributed by atoms with Gasteiger partial charge < -0.3 is 10.6 Å². The number of nitrogens with one attached hydrogen (secondary N) is 2. The third kappa shape index (κ3) is 5.76. The van der Waals surface area contributed by atoms with Crippen molar-refractivity contribution in [1.29, 1.82) is 0 Å². The van der Waals surface area contributed by atoms with Crippen molar-refractivity contribution in [3.63, 3.8) is 0 Å². The van der Waals surface area contributed by atoms with Crippen molar-refractivity contribution in [1.82, 2.24) is 24.4 Å². The molecule has 2 aromatic heterocycles. The number of para-hydroxylation sites is 1. The Kier molecular flexibility index (Phi) is 7.08. The summed E-state index contributed by atoms with van der Waals surface area (Å²) in [4.78, 5) is 16.5. The summed E-state index contributed by atoms with van der Waals surface area (Å²) in [6.07, 6.45) is -0.799. The number of hydrogen-bond donors (Lipinski definition) is 2. The summed E-state index contributed by atoms with van der Waals surface area (Å²) in [7, 11) is 0. The molecule has 1 saturated heterocycles. The van der Waals surface area contributed by atoms with Gasteiger partial charge in [-0.3, -0.25) is 9.47 Å². The number of likely N-dealkylation sites (tertiary alicyclic amines) is 1. The predicted octanol–water partition coefficient (Wildman–Crippen LogP) is 6.65. The molecule has 1 fully saturated rings. The van der Waals surface area contributed by atoms with Crippen molar-refractivity contribution < 1.29 is 13.2 Å². The number of rotatable bonds is 7. The van der Waals surface area contributed by atoms with Gasteiger partial charge in [-0.1, -0.05) is 48.5 Å². The Morgan fingerprint density at radius 2 is 1.50 bits per heavy atom. The predicted molar refractivity (Wildman–Crippen MR) is 150 cm³/mol. The van der Waals surface area contributed by atoms with Crippen molar-refractivity contribution in [2.75, 3.05) is 23.7 Å². The van der Waals surface area contributed by atoms with Crippen LogP contribution in [0.2, 0.25) is 0 Å². The molecule has 7 nitrogen and oxygen atoms in total. The molecule has 6 rings (SSSR count).